The molecule has 148 valence electrons. The van der Waals surface area contributed by atoms with Crippen molar-refractivity contribution in [1.82, 2.24) is 5.32 Å². The Morgan fingerprint density at radius 1 is 1.00 bits per heavy atom. The zero-order valence-corrected chi connectivity index (χ0v) is 15.9. The molecule has 0 aliphatic carbocycles. The van der Waals surface area contributed by atoms with Gasteiger partial charge in [0.25, 0.3) is 0 Å². The zero-order valence-electron chi connectivity index (χ0n) is 15.1. The Morgan fingerprint density at radius 2 is 1.58 bits per heavy atom. The largest absolute Gasteiger partial charge is 0.463 e. The van der Waals surface area contributed by atoms with Gasteiger partial charge in [-0.3, -0.25) is 19.2 Å². The maximum absolute atomic E-state index is 11.6. The van der Waals surface area contributed by atoms with E-state index in [4.69, 9.17) is 24.7 Å². The van der Waals surface area contributed by atoms with E-state index in [1.807, 2.05) is 0 Å². The predicted octanol–water partition coefficient (Wildman–Crippen LogP) is -0.708. The molecule has 1 saturated heterocycles. The van der Waals surface area contributed by atoms with Gasteiger partial charge >= 0.3 is 17.9 Å². The number of nitrogens with two attached hydrogens (primary N) is 1. The molecular formula is C15H24N2O8S. The number of hydrogen-bond donors (Lipinski definition) is 2. The maximum atomic E-state index is 11.6. The topological polar surface area (TPSA) is 143 Å². The van der Waals surface area contributed by atoms with Gasteiger partial charge in [-0.1, -0.05) is 0 Å². The monoisotopic (exact) mass is 392 g/mol. The lowest BCUT2D eigenvalue weighted by atomic mass is 9.97. The summed E-state index contributed by atoms with van der Waals surface area (Å²) in [5, 5.41) is 2.64. The Morgan fingerprint density at radius 3 is 2.04 bits per heavy atom. The smallest absolute Gasteiger partial charge is 0.303 e. The summed E-state index contributed by atoms with van der Waals surface area (Å²) in [4.78, 5) is 45.8. The average molecular weight is 392 g/mol. The number of nitrogens with one attached hydrogen (secondary N) is 1. The second kappa shape index (κ2) is 10.3. The van der Waals surface area contributed by atoms with E-state index < -0.39 is 53.6 Å². The van der Waals surface area contributed by atoms with Crippen molar-refractivity contribution in [1.29, 1.82) is 0 Å². The van der Waals surface area contributed by atoms with Gasteiger partial charge in [0.15, 0.2) is 12.2 Å². The molecule has 1 heterocycles. The number of esters is 3. The lowest BCUT2D eigenvalue weighted by Crippen LogP contribution is -2.65. The number of ether oxygens (including phenoxy) is 4. The Balaban J connectivity index is 3.22. The van der Waals surface area contributed by atoms with Gasteiger partial charge in [-0.15, -0.1) is 11.8 Å². The molecule has 1 amide bonds. The number of carbonyl (C=O) groups excluding carboxylic acids is 4. The molecular weight excluding hydrogens is 368 g/mol. The summed E-state index contributed by atoms with van der Waals surface area (Å²) < 4.78 is 21.4. The van der Waals surface area contributed by atoms with Gasteiger partial charge in [0.2, 0.25) is 5.91 Å². The summed E-state index contributed by atoms with van der Waals surface area (Å²) in [7, 11) is 0. The van der Waals surface area contributed by atoms with Crippen LogP contribution in [0.1, 0.15) is 27.7 Å². The molecule has 10 nitrogen and oxygen atoms in total. The van der Waals surface area contributed by atoms with Crippen molar-refractivity contribution in [2.45, 2.75) is 57.5 Å². The molecule has 1 aliphatic heterocycles. The van der Waals surface area contributed by atoms with Gasteiger partial charge in [0.1, 0.15) is 24.2 Å². The van der Waals surface area contributed by atoms with Crippen LogP contribution < -0.4 is 11.1 Å². The molecule has 3 N–H and O–H groups in total. The first kappa shape index (κ1) is 22.2. The van der Waals surface area contributed by atoms with Crippen molar-refractivity contribution in [3.05, 3.63) is 0 Å². The molecule has 26 heavy (non-hydrogen) atoms. The number of carbonyl (C=O) groups is 4. The normalized spacial score (nSPS) is 28.0. The standard InChI is InChI=1S/C15H24N2O8S/c1-7(18)17-12-14(24-10(4)21)13(23-9(3)20)11(5-22-8(2)19)25-15(12)26-6-16/h11-15H,5-6,16H2,1-4H3,(H,17,18). The van der Waals surface area contributed by atoms with Crippen LogP contribution in [0, 0.1) is 0 Å². The van der Waals surface area contributed by atoms with Crippen molar-refractivity contribution in [3.8, 4) is 0 Å². The highest BCUT2D eigenvalue weighted by Gasteiger charge is 2.50. The molecule has 0 spiro atoms. The van der Waals surface area contributed by atoms with Crippen molar-refractivity contribution >= 4 is 35.6 Å². The molecule has 0 aromatic rings. The molecule has 0 aromatic heterocycles. The fraction of sp³-hybridized carbons (Fsp3) is 0.733. The summed E-state index contributed by atoms with van der Waals surface area (Å²) >= 11 is 1.16. The third-order valence-electron chi connectivity index (χ3n) is 3.33. The van der Waals surface area contributed by atoms with Crippen LogP contribution >= 0.6 is 11.8 Å². The van der Waals surface area contributed by atoms with Crippen LogP contribution in [0.25, 0.3) is 0 Å². The molecule has 5 unspecified atom stereocenters. The van der Waals surface area contributed by atoms with E-state index in [2.05, 4.69) is 5.32 Å². The van der Waals surface area contributed by atoms with Gasteiger partial charge in [-0.2, -0.15) is 0 Å². The molecule has 1 aliphatic rings. The molecule has 0 saturated carbocycles. The van der Waals surface area contributed by atoms with Crippen molar-refractivity contribution in [3.63, 3.8) is 0 Å². The number of amides is 1. The van der Waals surface area contributed by atoms with E-state index in [1.54, 1.807) is 0 Å². The summed E-state index contributed by atoms with van der Waals surface area (Å²) in [6, 6.07) is -0.817. The maximum Gasteiger partial charge on any atom is 0.303 e. The summed E-state index contributed by atoms with van der Waals surface area (Å²) in [5.74, 6) is -2.06. The molecule has 1 fully saturated rings. The van der Waals surface area contributed by atoms with Crippen LogP contribution in [0.2, 0.25) is 0 Å². The first-order valence-corrected chi connectivity index (χ1v) is 8.92. The van der Waals surface area contributed by atoms with Gasteiger partial charge in [0.05, 0.1) is 0 Å². The summed E-state index contributed by atoms with van der Waals surface area (Å²) in [5.41, 5.74) is 4.87. The number of hydrogen-bond acceptors (Lipinski definition) is 10. The molecule has 11 heteroatoms. The molecule has 5 atom stereocenters. The lowest BCUT2D eigenvalue weighted by molar-refractivity contribution is -0.211. The number of thioether (sulfide) groups is 1. The fourth-order valence-electron chi connectivity index (χ4n) is 2.53. The van der Waals surface area contributed by atoms with E-state index in [0.717, 1.165) is 11.8 Å². The van der Waals surface area contributed by atoms with E-state index in [0.29, 0.717) is 0 Å². The molecule has 0 bridgehead atoms. The van der Waals surface area contributed by atoms with E-state index in [1.165, 1.54) is 27.7 Å². The minimum absolute atomic E-state index is 0.159. The molecule has 0 aromatic carbocycles. The van der Waals surface area contributed by atoms with Gasteiger partial charge in [0, 0.05) is 33.6 Å². The van der Waals surface area contributed by atoms with Crippen LogP contribution in [-0.4, -0.2) is 66.1 Å². The van der Waals surface area contributed by atoms with Crippen molar-refractivity contribution in [2.75, 3.05) is 12.5 Å². The first-order chi connectivity index (χ1) is 12.1. The van der Waals surface area contributed by atoms with Crippen LogP contribution in [0.4, 0.5) is 0 Å². The predicted molar refractivity (Wildman–Crippen MR) is 90.7 cm³/mol. The van der Waals surface area contributed by atoms with Crippen molar-refractivity contribution < 1.29 is 38.1 Å². The van der Waals surface area contributed by atoms with Crippen LogP contribution in [-0.2, 0) is 38.1 Å². The highest BCUT2D eigenvalue weighted by Crippen LogP contribution is 2.32. The van der Waals surface area contributed by atoms with E-state index >= 15 is 0 Å². The van der Waals surface area contributed by atoms with Crippen LogP contribution in [0.3, 0.4) is 0 Å². The van der Waals surface area contributed by atoms with Gasteiger partial charge in [-0.05, 0) is 0 Å². The first-order valence-electron chi connectivity index (χ1n) is 7.87. The van der Waals surface area contributed by atoms with Crippen molar-refractivity contribution in [2.24, 2.45) is 5.73 Å². The second-order valence-electron chi connectivity index (χ2n) is 5.55. The Bertz CT molecular complexity index is 544. The zero-order chi connectivity index (χ0) is 19.9. The SMILES string of the molecule is CC(=O)NC1C(SCN)OC(COC(C)=O)C(OC(C)=O)C1OC(C)=O. The second-order valence-corrected chi connectivity index (χ2v) is 6.68. The van der Waals surface area contributed by atoms with Gasteiger partial charge < -0.3 is 30.0 Å². The average Bonchev–Trinajstić information content (AvgIpc) is 2.50. The van der Waals surface area contributed by atoms with Crippen LogP contribution in [0.5, 0.6) is 0 Å². The minimum atomic E-state index is -1.08. The molecule has 1 rings (SSSR count). The summed E-state index contributed by atoms with van der Waals surface area (Å²) in [6.45, 7) is 4.67. The Kier molecular flexibility index (Phi) is 8.82. The quantitative estimate of drug-likeness (QED) is 0.324. The number of rotatable bonds is 7. The Labute approximate surface area is 155 Å². The lowest BCUT2D eigenvalue weighted by Gasteiger charge is -2.45. The third-order valence-corrected chi connectivity index (χ3v) is 4.26. The molecule has 0 radical (unpaired) electrons. The van der Waals surface area contributed by atoms with E-state index in [9.17, 15) is 19.2 Å². The fourth-order valence-corrected chi connectivity index (χ4v) is 3.37. The third kappa shape index (κ3) is 6.81. The highest BCUT2D eigenvalue weighted by atomic mass is 32.2. The highest BCUT2D eigenvalue weighted by molar-refractivity contribution is 7.99. The summed E-state index contributed by atoms with van der Waals surface area (Å²) in [6.07, 6.45) is -3.03. The van der Waals surface area contributed by atoms with Crippen LogP contribution in [0.15, 0.2) is 0 Å². The van der Waals surface area contributed by atoms with E-state index in [-0.39, 0.29) is 12.5 Å². The minimum Gasteiger partial charge on any atom is -0.463 e. The van der Waals surface area contributed by atoms with Gasteiger partial charge in [-0.25, -0.2) is 0 Å². The Hall–Kier alpha value is -1.85.